The summed E-state index contributed by atoms with van der Waals surface area (Å²) in [5, 5.41) is 16.1. The second kappa shape index (κ2) is 10.8. The molecule has 0 aromatic heterocycles. The van der Waals surface area contributed by atoms with E-state index < -0.39 is 5.82 Å². The maximum atomic E-state index is 14.1. The molecular weight excluding hydrogens is 490 g/mol. The second-order valence-electron chi connectivity index (χ2n) is 8.78. The van der Waals surface area contributed by atoms with Crippen LogP contribution in [0.2, 0.25) is 10.0 Å². The van der Waals surface area contributed by atoms with Gasteiger partial charge in [0.2, 0.25) is 0 Å². The fourth-order valence-corrected chi connectivity index (χ4v) is 4.59. The van der Waals surface area contributed by atoms with Gasteiger partial charge in [-0.05, 0) is 86.7 Å². The number of rotatable bonds is 6. The Kier molecular flexibility index (Phi) is 7.75. The van der Waals surface area contributed by atoms with Gasteiger partial charge in [0.1, 0.15) is 5.82 Å². The summed E-state index contributed by atoms with van der Waals surface area (Å²) in [5.74, 6) is -1.08. The number of carbonyl (C=O) groups is 2. The highest BCUT2D eigenvalue weighted by Crippen LogP contribution is 2.29. The van der Waals surface area contributed by atoms with Crippen LogP contribution in [0.3, 0.4) is 0 Å². The molecule has 1 fully saturated rings. The van der Waals surface area contributed by atoms with Crippen LogP contribution < -0.4 is 10.6 Å². The molecule has 4 rings (SSSR count). The Morgan fingerprint density at radius 1 is 0.943 bits per heavy atom. The van der Waals surface area contributed by atoms with Gasteiger partial charge in [-0.3, -0.25) is 9.59 Å². The number of benzene rings is 3. The van der Waals surface area contributed by atoms with Gasteiger partial charge in [-0.1, -0.05) is 29.3 Å². The number of amides is 1. The summed E-state index contributed by atoms with van der Waals surface area (Å²) >= 11 is 12.2. The molecule has 0 spiro atoms. The monoisotopic (exact) mass is 514 g/mol. The fourth-order valence-electron chi connectivity index (χ4n) is 4.17. The van der Waals surface area contributed by atoms with Crippen LogP contribution in [0, 0.1) is 12.7 Å². The summed E-state index contributed by atoms with van der Waals surface area (Å²) in [4.78, 5) is 26.1. The molecule has 1 aliphatic rings. The van der Waals surface area contributed by atoms with Crippen molar-refractivity contribution in [2.45, 2.75) is 44.8 Å². The zero-order valence-corrected chi connectivity index (χ0v) is 20.6. The Bertz CT molecular complexity index is 1270. The maximum absolute atomic E-state index is 14.1. The van der Waals surface area contributed by atoms with Crippen LogP contribution in [0.1, 0.15) is 57.5 Å². The number of hydrogen-bond donors (Lipinski definition) is 3. The number of nitrogens with one attached hydrogen (secondary N) is 2. The zero-order chi connectivity index (χ0) is 25.1. The van der Waals surface area contributed by atoms with E-state index in [2.05, 4.69) is 10.6 Å². The fraction of sp³-hybridized carbons (Fsp3) is 0.259. The van der Waals surface area contributed by atoms with Gasteiger partial charge in [0, 0.05) is 33.4 Å². The highest BCUT2D eigenvalue weighted by atomic mass is 35.5. The first-order valence-corrected chi connectivity index (χ1v) is 12.1. The maximum Gasteiger partial charge on any atom is 0.251 e. The molecular formula is C27H25Cl2FN2O3. The molecule has 0 radical (unpaired) electrons. The Balaban J connectivity index is 1.52. The van der Waals surface area contributed by atoms with E-state index in [4.69, 9.17) is 23.2 Å². The van der Waals surface area contributed by atoms with Gasteiger partial charge in [0.15, 0.2) is 5.78 Å². The second-order valence-corrected chi connectivity index (χ2v) is 9.63. The summed E-state index contributed by atoms with van der Waals surface area (Å²) in [7, 11) is 0. The number of ketones is 1. The molecule has 0 aliphatic heterocycles. The minimum Gasteiger partial charge on any atom is -0.393 e. The molecule has 3 aromatic rings. The lowest BCUT2D eigenvalue weighted by Crippen LogP contribution is -2.38. The third-order valence-corrected chi connectivity index (χ3v) is 6.75. The van der Waals surface area contributed by atoms with E-state index in [9.17, 15) is 19.1 Å². The van der Waals surface area contributed by atoms with Crippen LogP contribution in [0.15, 0.2) is 54.6 Å². The zero-order valence-electron chi connectivity index (χ0n) is 19.1. The molecule has 3 aromatic carbocycles. The average molecular weight is 515 g/mol. The number of hydrogen-bond acceptors (Lipinski definition) is 4. The van der Waals surface area contributed by atoms with Crippen LogP contribution in [-0.4, -0.2) is 28.9 Å². The van der Waals surface area contributed by atoms with E-state index in [1.807, 2.05) is 0 Å². The van der Waals surface area contributed by atoms with Gasteiger partial charge < -0.3 is 15.7 Å². The molecule has 0 saturated heterocycles. The number of aliphatic hydroxyl groups excluding tert-OH is 1. The minimum absolute atomic E-state index is 0.00585. The van der Waals surface area contributed by atoms with Gasteiger partial charge in [0.25, 0.3) is 5.91 Å². The Hall–Kier alpha value is -2.93. The largest absolute Gasteiger partial charge is 0.393 e. The summed E-state index contributed by atoms with van der Waals surface area (Å²) < 4.78 is 14.1. The minimum atomic E-state index is -0.510. The molecule has 5 nitrogen and oxygen atoms in total. The van der Waals surface area contributed by atoms with Crippen molar-refractivity contribution in [3.63, 3.8) is 0 Å². The molecule has 0 unspecified atom stereocenters. The van der Waals surface area contributed by atoms with Crippen LogP contribution >= 0.6 is 23.2 Å². The molecule has 0 heterocycles. The first-order valence-electron chi connectivity index (χ1n) is 11.4. The molecule has 1 amide bonds. The Labute approximate surface area is 213 Å². The van der Waals surface area contributed by atoms with Crippen molar-refractivity contribution >= 4 is 46.3 Å². The third-order valence-electron chi connectivity index (χ3n) is 6.20. The topological polar surface area (TPSA) is 78.4 Å². The summed E-state index contributed by atoms with van der Waals surface area (Å²) in [6.07, 6.45) is 2.47. The van der Waals surface area contributed by atoms with Crippen molar-refractivity contribution in [3.05, 3.63) is 92.7 Å². The first-order chi connectivity index (χ1) is 16.7. The van der Waals surface area contributed by atoms with Crippen molar-refractivity contribution in [3.8, 4) is 0 Å². The molecule has 0 atom stereocenters. The predicted molar refractivity (Wildman–Crippen MR) is 136 cm³/mol. The van der Waals surface area contributed by atoms with Crippen molar-refractivity contribution < 1.29 is 19.1 Å². The third kappa shape index (κ3) is 6.01. The van der Waals surface area contributed by atoms with Crippen molar-refractivity contribution in [1.82, 2.24) is 5.32 Å². The van der Waals surface area contributed by atoms with Crippen molar-refractivity contribution in [2.75, 3.05) is 5.32 Å². The lowest BCUT2D eigenvalue weighted by Gasteiger charge is -2.26. The quantitative estimate of drug-likeness (QED) is 0.330. The van der Waals surface area contributed by atoms with Gasteiger partial charge >= 0.3 is 0 Å². The molecule has 1 saturated carbocycles. The molecule has 1 aliphatic carbocycles. The lowest BCUT2D eigenvalue weighted by molar-refractivity contribution is 0.0867. The Morgan fingerprint density at radius 3 is 2.37 bits per heavy atom. The molecule has 35 heavy (non-hydrogen) atoms. The highest BCUT2D eigenvalue weighted by Gasteiger charge is 2.23. The standard InChI is InChI=1S/C27H25Cl2FN2O3/c1-15-2-3-16(27(35)32-18-5-8-20(33)9-6-18)12-22(15)26(34)21-10-7-19(14-23(21)29)31-25-11-4-17(28)13-24(25)30/h2-4,7,10-14,18,20,31,33H,5-6,8-9H2,1H3,(H,32,35). The van der Waals surface area contributed by atoms with Crippen molar-refractivity contribution in [1.29, 1.82) is 0 Å². The van der Waals surface area contributed by atoms with Crippen LogP contribution in [0.25, 0.3) is 0 Å². The van der Waals surface area contributed by atoms with E-state index in [1.54, 1.807) is 49.4 Å². The number of aryl methyl sites for hydroxylation is 1. The van der Waals surface area contributed by atoms with E-state index in [1.165, 1.54) is 12.1 Å². The summed E-state index contributed by atoms with van der Waals surface area (Å²) in [6.45, 7) is 1.80. The molecule has 8 heteroatoms. The number of carbonyl (C=O) groups excluding carboxylic acids is 2. The van der Waals surface area contributed by atoms with Crippen LogP contribution in [0.4, 0.5) is 15.8 Å². The van der Waals surface area contributed by atoms with Gasteiger partial charge in [-0.25, -0.2) is 4.39 Å². The average Bonchev–Trinajstić information content (AvgIpc) is 2.82. The smallest absolute Gasteiger partial charge is 0.251 e. The van der Waals surface area contributed by atoms with E-state index in [0.29, 0.717) is 35.2 Å². The molecule has 0 bridgehead atoms. The molecule has 3 N–H and O–H groups in total. The number of aliphatic hydroxyl groups is 1. The van der Waals surface area contributed by atoms with Crippen molar-refractivity contribution in [2.24, 2.45) is 0 Å². The van der Waals surface area contributed by atoms with Gasteiger partial charge in [-0.15, -0.1) is 0 Å². The predicted octanol–water partition coefficient (Wildman–Crippen LogP) is 6.45. The summed E-state index contributed by atoms with van der Waals surface area (Å²) in [5.41, 5.74) is 2.49. The normalized spacial score (nSPS) is 17.6. The van der Waals surface area contributed by atoms with E-state index >= 15 is 0 Å². The van der Waals surface area contributed by atoms with Crippen LogP contribution in [0.5, 0.6) is 0 Å². The van der Waals surface area contributed by atoms with E-state index in [-0.39, 0.29) is 45.1 Å². The van der Waals surface area contributed by atoms with Gasteiger partial charge in [0.05, 0.1) is 16.8 Å². The van der Waals surface area contributed by atoms with Crippen LogP contribution in [-0.2, 0) is 0 Å². The molecule has 182 valence electrons. The SMILES string of the molecule is Cc1ccc(C(=O)NC2CCC(O)CC2)cc1C(=O)c1ccc(Nc2ccc(Cl)cc2F)cc1Cl. The summed E-state index contributed by atoms with van der Waals surface area (Å²) in [6, 6.07) is 14.0. The number of anilines is 2. The highest BCUT2D eigenvalue weighted by molar-refractivity contribution is 6.35. The van der Waals surface area contributed by atoms with Gasteiger partial charge in [-0.2, -0.15) is 0 Å². The number of halogens is 3. The van der Waals surface area contributed by atoms with E-state index in [0.717, 1.165) is 12.8 Å². The Morgan fingerprint density at radius 2 is 1.69 bits per heavy atom. The lowest BCUT2D eigenvalue weighted by atomic mass is 9.92. The first kappa shape index (κ1) is 25.2.